The smallest absolute Gasteiger partial charge is 0.147 e. The molecule has 0 aliphatic carbocycles. The zero-order valence-electron chi connectivity index (χ0n) is 11.7. The van der Waals surface area contributed by atoms with Crippen LogP contribution in [0.2, 0.25) is 5.02 Å². The third kappa shape index (κ3) is 5.07. The molecular weight excluding hydrogens is 307 g/mol. The van der Waals surface area contributed by atoms with E-state index in [1.807, 2.05) is 48.5 Å². The molecule has 1 atom stereocenters. The molecule has 0 aliphatic heterocycles. The van der Waals surface area contributed by atoms with Crippen LogP contribution in [-0.4, -0.2) is 11.2 Å². The number of carbonyl (C=O) groups excluding carboxylic acids is 1. The molecule has 2 rings (SSSR count). The van der Waals surface area contributed by atoms with E-state index in [9.17, 15) is 4.79 Å². The van der Waals surface area contributed by atoms with E-state index in [2.05, 4.69) is 0 Å². The van der Waals surface area contributed by atoms with Crippen molar-refractivity contribution in [1.29, 1.82) is 0 Å². The minimum Gasteiger partial charge on any atom is -0.489 e. The van der Waals surface area contributed by atoms with Gasteiger partial charge >= 0.3 is 0 Å². The highest BCUT2D eigenvalue weighted by molar-refractivity contribution is 6.31. The lowest BCUT2D eigenvalue weighted by Crippen LogP contribution is -2.13. The molecule has 0 amide bonds. The van der Waals surface area contributed by atoms with Crippen molar-refractivity contribution in [2.75, 3.05) is 0 Å². The Labute approximate surface area is 134 Å². The Morgan fingerprint density at radius 3 is 2.19 bits per heavy atom. The molecule has 0 aromatic heterocycles. The van der Waals surface area contributed by atoms with Gasteiger partial charge in [0, 0.05) is 5.02 Å². The van der Waals surface area contributed by atoms with Gasteiger partial charge in [-0.3, -0.25) is 4.79 Å². The fourth-order valence-corrected chi connectivity index (χ4v) is 2.12. The summed E-state index contributed by atoms with van der Waals surface area (Å²) in [5.41, 5.74) is 2.07. The lowest BCUT2D eigenvalue weighted by atomic mass is 10.1. The van der Waals surface area contributed by atoms with Crippen LogP contribution in [0.15, 0.2) is 48.5 Å². The predicted octanol–water partition coefficient (Wildman–Crippen LogP) is 4.66. The number of halogens is 2. The number of ether oxygens (including phenoxy) is 1. The summed E-state index contributed by atoms with van der Waals surface area (Å²) in [6.45, 7) is 1.99. The molecule has 2 aromatic carbocycles. The van der Waals surface area contributed by atoms with E-state index in [4.69, 9.17) is 27.9 Å². The van der Waals surface area contributed by atoms with E-state index in [0.717, 1.165) is 16.9 Å². The van der Waals surface area contributed by atoms with Crippen molar-refractivity contribution in [2.45, 2.75) is 25.3 Å². The minimum atomic E-state index is -0.467. The van der Waals surface area contributed by atoms with E-state index in [1.54, 1.807) is 0 Å². The molecule has 0 heterocycles. The van der Waals surface area contributed by atoms with E-state index in [-0.39, 0.29) is 5.78 Å². The molecule has 0 fully saturated rings. The highest BCUT2D eigenvalue weighted by Crippen LogP contribution is 2.17. The molecule has 21 heavy (non-hydrogen) atoms. The summed E-state index contributed by atoms with van der Waals surface area (Å²) in [6, 6.07) is 15.2. The molecule has 0 saturated heterocycles. The van der Waals surface area contributed by atoms with Crippen molar-refractivity contribution < 1.29 is 9.53 Å². The van der Waals surface area contributed by atoms with Crippen LogP contribution in [0, 0.1) is 0 Å². The van der Waals surface area contributed by atoms with E-state index < -0.39 is 5.38 Å². The molecule has 110 valence electrons. The zero-order chi connectivity index (χ0) is 15.2. The second-order valence-electron chi connectivity index (χ2n) is 4.84. The normalized spacial score (nSPS) is 12.0. The predicted molar refractivity (Wildman–Crippen MR) is 86.3 cm³/mol. The number of ketones is 1. The molecule has 4 heteroatoms. The minimum absolute atomic E-state index is 0.0141. The van der Waals surface area contributed by atoms with Gasteiger partial charge in [-0.15, -0.1) is 11.6 Å². The maximum atomic E-state index is 11.1. The van der Waals surface area contributed by atoms with Crippen molar-refractivity contribution in [1.82, 2.24) is 0 Å². The first-order valence-corrected chi connectivity index (χ1v) is 7.47. The van der Waals surface area contributed by atoms with Crippen molar-refractivity contribution in [3.05, 3.63) is 64.7 Å². The summed E-state index contributed by atoms with van der Waals surface area (Å²) in [5.74, 6) is 0.766. The van der Waals surface area contributed by atoms with Gasteiger partial charge in [-0.2, -0.15) is 0 Å². The first-order chi connectivity index (χ1) is 10.0. The molecule has 2 nitrogen and oxygen atoms in total. The number of alkyl halides is 1. The van der Waals surface area contributed by atoms with Crippen LogP contribution in [0.1, 0.15) is 18.1 Å². The number of carbonyl (C=O) groups is 1. The van der Waals surface area contributed by atoms with Crippen LogP contribution < -0.4 is 4.74 Å². The largest absolute Gasteiger partial charge is 0.489 e. The number of hydrogen-bond acceptors (Lipinski definition) is 2. The average Bonchev–Trinajstić information content (AvgIpc) is 2.48. The topological polar surface area (TPSA) is 26.3 Å². The van der Waals surface area contributed by atoms with Crippen LogP contribution >= 0.6 is 23.2 Å². The first-order valence-electron chi connectivity index (χ1n) is 6.65. The SMILES string of the molecule is CC(=O)C(Cl)Cc1ccc(OCc2ccc(Cl)cc2)cc1. The fourth-order valence-electron chi connectivity index (χ4n) is 1.82. The van der Waals surface area contributed by atoms with E-state index >= 15 is 0 Å². The average molecular weight is 323 g/mol. The summed E-state index contributed by atoms with van der Waals surface area (Å²) < 4.78 is 5.70. The van der Waals surface area contributed by atoms with Gasteiger partial charge in [-0.05, 0) is 48.7 Å². The lowest BCUT2D eigenvalue weighted by Gasteiger charge is -2.09. The molecule has 0 aliphatic rings. The summed E-state index contributed by atoms with van der Waals surface area (Å²) in [4.78, 5) is 11.1. The number of benzene rings is 2. The second kappa shape index (κ2) is 7.48. The quantitative estimate of drug-likeness (QED) is 0.723. The molecular formula is C17H16Cl2O2. The first kappa shape index (κ1) is 15.9. The van der Waals surface area contributed by atoms with E-state index in [1.165, 1.54) is 6.92 Å². The van der Waals surface area contributed by atoms with Gasteiger partial charge in [0.2, 0.25) is 0 Å². The second-order valence-corrected chi connectivity index (χ2v) is 5.80. The van der Waals surface area contributed by atoms with Gasteiger partial charge in [-0.25, -0.2) is 0 Å². The maximum Gasteiger partial charge on any atom is 0.147 e. The Kier molecular flexibility index (Phi) is 5.66. The highest BCUT2D eigenvalue weighted by Gasteiger charge is 2.10. The van der Waals surface area contributed by atoms with Crippen LogP contribution in [0.25, 0.3) is 0 Å². The van der Waals surface area contributed by atoms with E-state index in [0.29, 0.717) is 18.1 Å². The summed E-state index contributed by atoms with van der Waals surface area (Å²) in [6.07, 6.45) is 0.536. The van der Waals surface area contributed by atoms with Crippen molar-refractivity contribution in [2.24, 2.45) is 0 Å². The van der Waals surface area contributed by atoms with Gasteiger partial charge in [0.15, 0.2) is 0 Å². The Morgan fingerprint density at radius 2 is 1.62 bits per heavy atom. The van der Waals surface area contributed by atoms with Crippen LogP contribution in [0.4, 0.5) is 0 Å². The third-order valence-electron chi connectivity index (χ3n) is 3.10. The maximum absolute atomic E-state index is 11.1. The molecule has 2 aromatic rings. The monoisotopic (exact) mass is 322 g/mol. The molecule has 0 spiro atoms. The lowest BCUT2D eigenvalue weighted by molar-refractivity contribution is -0.116. The Hall–Kier alpha value is -1.51. The van der Waals surface area contributed by atoms with Gasteiger partial charge in [0.1, 0.15) is 18.1 Å². The third-order valence-corrected chi connectivity index (χ3v) is 3.81. The van der Waals surface area contributed by atoms with Crippen LogP contribution in [-0.2, 0) is 17.8 Å². The fraction of sp³-hybridized carbons (Fsp3) is 0.235. The molecule has 0 saturated carbocycles. The van der Waals surface area contributed by atoms with Gasteiger partial charge in [-0.1, -0.05) is 35.9 Å². The van der Waals surface area contributed by atoms with Crippen LogP contribution in [0.5, 0.6) is 5.75 Å². The number of Topliss-reactive ketones (excluding diaryl/α,β-unsaturated/α-hetero) is 1. The highest BCUT2D eigenvalue weighted by atomic mass is 35.5. The Bertz CT molecular complexity index is 591. The van der Waals surface area contributed by atoms with Crippen molar-refractivity contribution in [3.63, 3.8) is 0 Å². The molecule has 1 unspecified atom stereocenters. The number of hydrogen-bond donors (Lipinski definition) is 0. The Balaban J connectivity index is 1.90. The van der Waals surface area contributed by atoms with Gasteiger partial charge < -0.3 is 4.74 Å². The summed E-state index contributed by atoms with van der Waals surface area (Å²) in [7, 11) is 0. The van der Waals surface area contributed by atoms with Crippen molar-refractivity contribution >= 4 is 29.0 Å². The number of rotatable bonds is 6. The van der Waals surface area contributed by atoms with Gasteiger partial charge in [0.25, 0.3) is 0 Å². The molecule has 0 N–H and O–H groups in total. The molecule has 0 radical (unpaired) electrons. The summed E-state index contributed by atoms with van der Waals surface area (Å²) >= 11 is 11.8. The van der Waals surface area contributed by atoms with Crippen molar-refractivity contribution in [3.8, 4) is 5.75 Å². The van der Waals surface area contributed by atoms with Gasteiger partial charge in [0.05, 0.1) is 5.38 Å². The summed E-state index contributed by atoms with van der Waals surface area (Å²) in [5, 5.41) is 0.245. The standard InChI is InChI=1S/C17H16Cl2O2/c1-12(20)17(19)10-13-4-8-16(9-5-13)21-11-14-2-6-15(18)7-3-14/h2-9,17H,10-11H2,1H3. The zero-order valence-corrected chi connectivity index (χ0v) is 13.2. The molecule has 0 bridgehead atoms. The Morgan fingerprint density at radius 1 is 1.05 bits per heavy atom. The van der Waals surface area contributed by atoms with Crippen LogP contribution in [0.3, 0.4) is 0 Å².